The smallest absolute Gasteiger partial charge is 0.211 e. The van der Waals surface area contributed by atoms with Gasteiger partial charge in [0.1, 0.15) is 0 Å². The van der Waals surface area contributed by atoms with E-state index in [-0.39, 0.29) is 11.8 Å². The number of nitrogens with zero attached hydrogens (tertiary/aromatic N) is 3. The zero-order chi connectivity index (χ0) is 17.9. The fourth-order valence-electron chi connectivity index (χ4n) is 3.31. The minimum atomic E-state index is -3.15. The molecule has 0 radical (unpaired) electrons. The fourth-order valence-corrected chi connectivity index (χ4v) is 3.94. The predicted molar refractivity (Wildman–Crippen MR) is 98.6 cm³/mol. The molecule has 0 bridgehead atoms. The topological polar surface area (TPSA) is 67.2 Å². The molecule has 1 aromatic carbocycles. The summed E-state index contributed by atoms with van der Waals surface area (Å²) in [6, 6.07) is 10.7. The lowest BCUT2D eigenvalue weighted by Crippen LogP contribution is -2.39. The first-order valence-corrected chi connectivity index (χ1v) is 10.4. The summed E-state index contributed by atoms with van der Waals surface area (Å²) in [6.45, 7) is 6.87. The van der Waals surface area contributed by atoms with Crippen molar-refractivity contribution in [2.45, 2.75) is 39.4 Å². The number of rotatable bonds is 7. The molecule has 0 saturated carbocycles. The number of aryl methyl sites for hydroxylation is 1. The van der Waals surface area contributed by atoms with Crippen molar-refractivity contribution in [3.05, 3.63) is 53.3 Å². The zero-order valence-electron chi connectivity index (χ0n) is 14.9. The molecule has 0 aliphatic carbocycles. The summed E-state index contributed by atoms with van der Waals surface area (Å²) in [7, 11) is -3.15. The molecule has 1 aliphatic rings. The van der Waals surface area contributed by atoms with Crippen LogP contribution in [0.2, 0.25) is 0 Å². The zero-order valence-corrected chi connectivity index (χ0v) is 15.7. The fraction of sp³-hybridized carbons (Fsp3) is 0.500. The number of hydrogen-bond acceptors (Lipinski definition) is 4. The molecular weight excluding hydrogens is 336 g/mol. The maximum absolute atomic E-state index is 11.6. The Labute approximate surface area is 149 Å². The van der Waals surface area contributed by atoms with Crippen molar-refractivity contribution in [1.29, 1.82) is 0 Å². The maximum atomic E-state index is 11.6. The molecule has 0 saturated heterocycles. The van der Waals surface area contributed by atoms with Gasteiger partial charge < -0.3 is 0 Å². The number of hydrogen-bond donors (Lipinski definition) is 1. The van der Waals surface area contributed by atoms with Crippen LogP contribution in [0.1, 0.15) is 36.2 Å². The minimum absolute atomic E-state index is 0.115. The molecule has 2 aromatic rings. The molecular formula is C18H26N4O2S. The van der Waals surface area contributed by atoms with E-state index in [2.05, 4.69) is 50.6 Å². The van der Waals surface area contributed by atoms with Gasteiger partial charge in [0.25, 0.3) is 0 Å². The third-order valence-electron chi connectivity index (χ3n) is 4.79. The molecule has 6 nitrogen and oxygen atoms in total. The van der Waals surface area contributed by atoms with Crippen LogP contribution in [0.3, 0.4) is 0 Å². The quantitative estimate of drug-likeness (QED) is 0.819. The number of aromatic nitrogens is 2. The molecule has 0 fully saturated rings. The minimum Gasteiger partial charge on any atom is -0.291 e. The Balaban J connectivity index is 1.68. The van der Waals surface area contributed by atoms with Gasteiger partial charge in [0.15, 0.2) is 0 Å². The second-order valence-corrected chi connectivity index (χ2v) is 8.70. The first kappa shape index (κ1) is 18.1. The Bertz CT molecular complexity index is 816. The average molecular weight is 362 g/mol. The molecule has 1 aromatic heterocycles. The SMILES string of the molecule is CCS(=O)(=O)NCCC1CN(Cc2ccccc2C)Cc2ccnn21. The first-order valence-electron chi connectivity index (χ1n) is 8.75. The van der Waals surface area contributed by atoms with Crippen LogP contribution in [0.15, 0.2) is 36.5 Å². The number of benzene rings is 1. The van der Waals surface area contributed by atoms with Gasteiger partial charge in [-0.15, -0.1) is 0 Å². The van der Waals surface area contributed by atoms with Crippen LogP contribution in [0.25, 0.3) is 0 Å². The van der Waals surface area contributed by atoms with E-state index in [1.54, 1.807) is 6.92 Å². The summed E-state index contributed by atoms with van der Waals surface area (Å²) >= 11 is 0. The van der Waals surface area contributed by atoms with Crippen molar-refractivity contribution in [3.8, 4) is 0 Å². The molecule has 1 N–H and O–H groups in total. The molecule has 25 heavy (non-hydrogen) atoms. The molecule has 7 heteroatoms. The van der Waals surface area contributed by atoms with Crippen LogP contribution < -0.4 is 4.72 Å². The third kappa shape index (κ3) is 4.48. The van der Waals surface area contributed by atoms with E-state index in [9.17, 15) is 8.42 Å². The molecule has 3 rings (SSSR count). The summed E-state index contributed by atoms with van der Waals surface area (Å²) in [4.78, 5) is 2.42. The number of fused-ring (bicyclic) bond motifs is 1. The first-order chi connectivity index (χ1) is 12.0. The van der Waals surface area contributed by atoms with Crippen molar-refractivity contribution < 1.29 is 8.42 Å². The second kappa shape index (κ2) is 7.68. The maximum Gasteiger partial charge on any atom is 0.211 e. The summed E-state index contributed by atoms with van der Waals surface area (Å²) in [5.74, 6) is 0.115. The lowest BCUT2D eigenvalue weighted by Gasteiger charge is -2.34. The van der Waals surface area contributed by atoms with Gasteiger partial charge in [-0.05, 0) is 37.5 Å². The van der Waals surface area contributed by atoms with Crippen LogP contribution >= 0.6 is 0 Å². The highest BCUT2D eigenvalue weighted by atomic mass is 32.2. The summed E-state index contributed by atoms with van der Waals surface area (Å²) in [5, 5.41) is 4.45. The highest BCUT2D eigenvalue weighted by Gasteiger charge is 2.25. The highest BCUT2D eigenvalue weighted by Crippen LogP contribution is 2.24. The van der Waals surface area contributed by atoms with E-state index >= 15 is 0 Å². The van der Waals surface area contributed by atoms with Gasteiger partial charge in [-0.25, -0.2) is 13.1 Å². The van der Waals surface area contributed by atoms with Crippen LogP contribution in [0.4, 0.5) is 0 Å². The van der Waals surface area contributed by atoms with E-state index < -0.39 is 10.0 Å². The van der Waals surface area contributed by atoms with Crippen molar-refractivity contribution in [2.75, 3.05) is 18.8 Å². The summed E-state index contributed by atoms with van der Waals surface area (Å²) in [6.07, 6.45) is 2.56. The molecule has 136 valence electrons. The van der Waals surface area contributed by atoms with Crippen LogP contribution in [0, 0.1) is 6.92 Å². The van der Waals surface area contributed by atoms with E-state index in [1.165, 1.54) is 16.8 Å². The van der Waals surface area contributed by atoms with Gasteiger partial charge in [-0.3, -0.25) is 9.58 Å². The van der Waals surface area contributed by atoms with Gasteiger partial charge in [-0.1, -0.05) is 24.3 Å². The van der Waals surface area contributed by atoms with E-state index in [4.69, 9.17) is 0 Å². The van der Waals surface area contributed by atoms with E-state index in [0.29, 0.717) is 6.54 Å². The molecule has 2 heterocycles. The van der Waals surface area contributed by atoms with Crippen LogP contribution in [-0.2, 0) is 23.1 Å². The third-order valence-corrected chi connectivity index (χ3v) is 6.19. The monoisotopic (exact) mass is 362 g/mol. The molecule has 0 amide bonds. The van der Waals surface area contributed by atoms with Crippen molar-refractivity contribution in [1.82, 2.24) is 19.4 Å². The van der Waals surface area contributed by atoms with Crippen LogP contribution in [0.5, 0.6) is 0 Å². The highest BCUT2D eigenvalue weighted by molar-refractivity contribution is 7.89. The standard InChI is InChI=1S/C18H26N4O2S/c1-3-25(23,24)20-11-9-18-14-21(13-17-8-10-19-22(17)18)12-16-7-5-4-6-15(16)2/h4-8,10,18,20H,3,9,11-14H2,1-2H3. The number of sulfonamides is 1. The van der Waals surface area contributed by atoms with Gasteiger partial charge in [-0.2, -0.15) is 5.10 Å². The molecule has 1 unspecified atom stereocenters. The Morgan fingerprint density at radius 3 is 2.84 bits per heavy atom. The largest absolute Gasteiger partial charge is 0.291 e. The lowest BCUT2D eigenvalue weighted by atomic mass is 10.1. The van der Waals surface area contributed by atoms with Crippen molar-refractivity contribution >= 4 is 10.0 Å². The molecule has 1 atom stereocenters. The Morgan fingerprint density at radius 1 is 1.28 bits per heavy atom. The molecule has 0 spiro atoms. The van der Waals surface area contributed by atoms with Crippen molar-refractivity contribution in [3.63, 3.8) is 0 Å². The van der Waals surface area contributed by atoms with Gasteiger partial charge in [0, 0.05) is 32.4 Å². The average Bonchev–Trinajstić information content (AvgIpc) is 3.05. The lowest BCUT2D eigenvalue weighted by molar-refractivity contribution is 0.162. The van der Waals surface area contributed by atoms with E-state index in [0.717, 1.165) is 26.1 Å². The summed E-state index contributed by atoms with van der Waals surface area (Å²) < 4.78 is 28.0. The summed E-state index contributed by atoms with van der Waals surface area (Å²) in [5.41, 5.74) is 3.82. The Kier molecular flexibility index (Phi) is 5.56. The second-order valence-electron chi connectivity index (χ2n) is 6.60. The van der Waals surface area contributed by atoms with Gasteiger partial charge in [0.2, 0.25) is 10.0 Å². The predicted octanol–water partition coefficient (Wildman–Crippen LogP) is 2.08. The Morgan fingerprint density at radius 2 is 2.08 bits per heavy atom. The molecule has 1 aliphatic heterocycles. The Hall–Kier alpha value is -1.70. The van der Waals surface area contributed by atoms with Crippen LogP contribution in [-0.4, -0.2) is 41.9 Å². The van der Waals surface area contributed by atoms with Gasteiger partial charge >= 0.3 is 0 Å². The van der Waals surface area contributed by atoms with Gasteiger partial charge in [0.05, 0.1) is 17.5 Å². The van der Waals surface area contributed by atoms with Crippen molar-refractivity contribution in [2.24, 2.45) is 0 Å². The number of nitrogens with one attached hydrogen (secondary N) is 1. The normalized spacial score (nSPS) is 18.2. The van der Waals surface area contributed by atoms with E-state index in [1.807, 2.05) is 12.3 Å².